The topological polar surface area (TPSA) is 29.5 Å². The Kier molecular flexibility index (Phi) is 4.97. The Morgan fingerprint density at radius 2 is 2.06 bits per heavy atom. The molecule has 18 heavy (non-hydrogen) atoms. The summed E-state index contributed by atoms with van der Waals surface area (Å²) in [4.78, 5) is 0. The number of aliphatic hydroxyl groups excluding tert-OH is 1. The van der Waals surface area contributed by atoms with Crippen molar-refractivity contribution in [3.63, 3.8) is 0 Å². The molecule has 1 aromatic rings. The maximum Gasteiger partial charge on any atom is 0.0882 e. The predicted molar refractivity (Wildman–Crippen MR) is 73.5 cm³/mol. The van der Waals surface area contributed by atoms with Crippen molar-refractivity contribution < 1.29 is 9.84 Å². The summed E-state index contributed by atoms with van der Waals surface area (Å²) in [5.41, 5.74) is 1.22. The predicted octanol–water partition coefficient (Wildman–Crippen LogP) is 3.10. The molecule has 3 atom stereocenters. The second-order valence-electron chi connectivity index (χ2n) is 4.93. The van der Waals surface area contributed by atoms with Crippen molar-refractivity contribution in [3.8, 4) is 0 Å². The summed E-state index contributed by atoms with van der Waals surface area (Å²) in [6, 6.07) is 10.2. The Balaban J connectivity index is 2.03. The highest BCUT2D eigenvalue weighted by Crippen LogP contribution is 2.22. The number of allylic oxidation sites excluding steroid dienone is 1. The molecule has 0 aromatic heterocycles. The molecule has 0 amide bonds. The molecule has 1 aliphatic heterocycles. The van der Waals surface area contributed by atoms with Crippen molar-refractivity contribution >= 4 is 0 Å². The lowest BCUT2D eigenvalue weighted by molar-refractivity contribution is -0.0481. The molecule has 0 bridgehead atoms. The van der Waals surface area contributed by atoms with Crippen LogP contribution in [-0.4, -0.2) is 23.4 Å². The molecule has 1 saturated heterocycles. The van der Waals surface area contributed by atoms with E-state index >= 15 is 0 Å². The van der Waals surface area contributed by atoms with Gasteiger partial charge in [0.2, 0.25) is 0 Å². The van der Waals surface area contributed by atoms with Crippen molar-refractivity contribution in [3.05, 3.63) is 48.0 Å². The second kappa shape index (κ2) is 6.72. The lowest BCUT2D eigenvalue weighted by atomic mass is 10.0. The summed E-state index contributed by atoms with van der Waals surface area (Å²) in [7, 11) is 0. The van der Waals surface area contributed by atoms with Crippen molar-refractivity contribution in [2.75, 3.05) is 0 Å². The minimum absolute atomic E-state index is 0.0869. The van der Waals surface area contributed by atoms with Crippen LogP contribution in [0.2, 0.25) is 0 Å². The molecule has 1 heterocycles. The zero-order valence-corrected chi connectivity index (χ0v) is 11.0. The van der Waals surface area contributed by atoms with Crippen LogP contribution in [0.1, 0.15) is 31.7 Å². The molecule has 0 saturated carbocycles. The van der Waals surface area contributed by atoms with Crippen molar-refractivity contribution in [1.29, 1.82) is 0 Å². The normalized spacial score (nSPS) is 29.3. The number of hydrogen-bond acceptors (Lipinski definition) is 2. The highest BCUT2D eigenvalue weighted by atomic mass is 16.5. The molecule has 1 aliphatic rings. The van der Waals surface area contributed by atoms with E-state index in [9.17, 15) is 5.11 Å². The van der Waals surface area contributed by atoms with Crippen LogP contribution < -0.4 is 0 Å². The van der Waals surface area contributed by atoms with E-state index < -0.39 is 0 Å². The molecular weight excluding hydrogens is 224 g/mol. The summed E-state index contributed by atoms with van der Waals surface area (Å²) in [6.45, 7) is 2.01. The molecule has 1 aromatic carbocycles. The average molecular weight is 246 g/mol. The Morgan fingerprint density at radius 1 is 1.28 bits per heavy atom. The van der Waals surface area contributed by atoms with Crippen molar-refractivity contribution in [2.24, 2.45) is 0 Å². The van der Waals surface area contributed by atoms with Gasteiger partial charge in [-0.2, -0.15) is 0 Å². The van der Waals surface area contributed by atoms with E-state index in [-0.39, 0.29) is 18.3 Å². The summed E-state index contributed by atoms with van der Waals surface area (Å²) in [5, 5.41) is 10.1. The first kappa shape index (κ1) is 13.3. The molecular formula is C16H22O2. The van der Waals surface area contributed by atoms with Crippen LogP contribution in [-0.2, 0) is 11.2 Å². The van der Waals surface area contributed by atoms with Gasteiger partial charge in [0.25, 0.3) is 0 Å². The van der Waals surface area contributed by atoms with Crippen LogP contribution in [0.3, 0.4) is 0 Å². The quantitative estimate of drug-likeness (QED) is 0.830. The molecule has 0 radical (unpaired) electrons. The van der Waals surface area contributed by atoms with Crippen LogP contribution in [0.15, 0.2) is 42.5 Å². The largest absolute Gasteiger partial charge is 0.390 e. The maximum absolute atomic E-state index is 10.1. The van der Waals surface area contributed by atoms with E-state index in [0.717, 1.165) is 25.7 Å². The Morgan fingerprint density at radius 3 is 2.78 bits per heavy atom. The third-order valence-corrected chi connectivity index (χ3v) is 3.45. The molecule has 2 heteroatoms. The van der Waals surface area contributed by atoms with E-state index in [2.05, 4.69) is 18.2 Å². The van der Waals surface area contributed by atoms with Crippen molar-refractivity contribution in [2.45, 2.75) is 50.9 Å². The molecule has 0 unspecified atom stereocenters. The van der Waals surface area contributed by atoms with Crippen LogP contribution in [0, 0.1) is 0 Å². The first-order chi connectivity index (χ1) is 8.79. The van der Waals surface area contributed by atoms with Crippen LogP contribution in [0.4, 0.5) is 0 Å². The van der Waals surface area contributed by atoms with E-state index in [0.29, 0.717) is 0 Å². The smallest absolute Gasteiger partial charge is 0.0882 e. The number of ether oxygens (including phenoxy) is 1. The fourth-order valence-corrected chi connectivity index (χ4v) is 2.48. The zero-order valence-electron chi connectivity index (χ0n) is 11.0. The number of benzene rings is 1. The third kappa shape index (κ3) is 3.69. The second-order valence-corrected chi connectivity index (χ2v) is 4.93. The molecule has 1 N–H and O–H groups in total. The van der Waals surface area contributed by atoms with Gasteiger partial charge in [-0.25, -0.2) is 0 Å². The first-order valence-electron chi connectivity index (χ1n) is 6.80. The van der Waals surface area contributed by atoms with Gasteiger partial charge in [-0.05, 0) is 31.7 Å². The average Bonchev–Trinajstić information content (AvgIpc) is 2.54. The van der Waals surface area contributed by atoms with Gasteiger partial charge in [-0.3, -0.25) is 0 Å². The molecule has 0 spiro atoms. The van der Waals surface area contributed by atoms with Gasteiger partial charge in [-0.1, -0.05) is 42.5 Å². The van der Waals surface area contributed by atoms with Gasteiger partial charge in [0.15, 0.2) is 0 Å². The molecule has 2 rings (SSSR count). The highest BCUT2D eigenvalue weighted by Gasteiger charge is 2.26. The number of hydrogen-bond donors (Lipinski definition) is 1. The van der Waals surface area contributed by atoms with Gasteiger partial charge < -0.3 is 9.84 Å². The first-order valence-corrected chi connectivity index (χ1v) is 6.80. The summed E-state index contributed by atoms with van der Waals surface area (Å²) in [6.07, 6.45) is 7.51. The Hall–Kier alpha value is -1.12. The lowest BCUT2D eigenvalue weighted by Crippen LogP contribution is -2.31. The molecule has 1 fully saturated rings. The van der Waals surface area contributed by atoms with Crippen LogP contribution in [0.25, 0.3) is 0 Å². The SMILES string of the molecule is C/C=C/[C@@H]1CCC[C@H](O)[C@@H](Cc2ccccc2)O1. The maximum atomic E-state index is 10.1. The summed E-state index contributed by atoms with van der Waals surface area (Å²) >= 11 is 0. The highest BCUT2D eigenvalue weighted by molar-refractivity contribution is 5.16. The fourth-order valence-electron chi connectivity index (χ4n) is 2.48. The van der Waals surface area contributed by atoms with E-state index in [1.54, 1.807) is 0 Å². The summed E-state index contributed by atoms with van der Waals surface area (Å²) in [5.74, 6) is 0. The standard InChI is InChI=1S/C16H22O2/c1-2-7-14-10-6-11-15(17)16(18-14)12-13-8-4-3-5-9-13/h2-5,7-9,14-17H,6,10-12H2,1H3/b7-2+/t14-,15+,16-/m1/s1. The van der Waals surface area contributed by atoms with Crippen LogP contribution in [0.5, 0.6) is 0 Å². The van der Waals surface area contributed by atoms with Crippen molar-refractivity contribution in [1.82, 2.24) is 0 Å². The number of aliphatic hydroxyl groups is 1. The Labute approximate surface area is 109 Å². The third-order valence-electron chi connectivity index (χ3n) is 3.45. The molecule has 0 aliphatic carbocycles. The van der Waals surface area contributed by atoms with Gasteiger partial charge >= 0.3 is 0 Å². The van der Waals surface area contributed by atoms with Gasteiger partial charge in [0.05, 0.1) is 18.3 Å². The Bertz CT molecular complexity index is 372. The number of rotatable bonds is 3. The van der Waals surface area contributed by atoms with Crippen LogP contribution >= 0.6 is 0 Å². The lowest BCUT2D eigenvalue weighted by Gasteiger charge is -2.23. The monoisotopic (exact) mass is 246 g/mol. The van der Waals surface area contributed by atoms with Gasteiger partial charge in [0.1, 0.15) is 0 Å². The fraction of sp³-hybridized carbons (Fsp3) is 0.500. The van der Waals surface area contributed by atoms with E-state index in [1.807, 2.05) is 31.2 Å². The summed E-state index contributed by atoms with van der Waals surface area (Å²) < 4.78 is 6.03. The van der Waals surface area contributed by atoms with E-state index in [4.69, 9.17) is 4.74 Å². The minimum atomic E-state index is -0.347. The van der Waals surface area contributed by atoms with Gasteiger partial charge in [0, 0.05) is 6.42 Å². The zero-order chi connectivity index (χ0) is 12.8. The minimum Gasteiger partial charge on any atom is -0.390 e. The van der Waals surface area contributed by atoms with Gasteiger partial charge in [-0.15, -0.1) is 0 Å². The molecule has 2 nitrogen and oxygen atoms in total. The molecule has 98 valence electrons. The van der Waals surface area contributed by atoms with E-state index in [1.165, 1.54) is 5.56 Å².